The molecule has 0 saturated heterocycles. The maximum Gasteiger partial charge on any atom is 0.392 e. The number of rotatable bonds is 1. The van der Waals surface area contributed by atoms with Crippen LogP contribution in [0.5, 0.6) is 0 Å². The van der Waals surface area contributed by atoms with E-state index in [9.17, 15) is 18.0 Å². The van der Waals surface area contributed by atoms with Crippen LogP contribution in [0.2, 0.25) is 0 Å². The third-order valence-corrected chi connectivity index (χ3v) is 3.87. The Kier molecular flexibility index (Phi) is 3.04. The zero-order chi connectivity index (χ0) is 13.7. The average molecular weight is 264 g/mol. The molecule has 1 heterocycles. The van der Waals surface area contributed by atoms with Crippen LogP contribution in [0.3, 0.4) is 0 Å². The van der Waals surface area contributed by atoms with Crippen LogP contribution >= 0.6 is 0 Å². The molecule has 1 aliphatic heterocycles. The first kappa shape index (κ1) is 13.2. The molecule has 0 aromatic rings. The lowest BCUT2D eigenvalue weighted by molar-refractivity contribution is -0.180. The summed E-state index contributed by atoms with van der Waals surface area (Å²) in [6.07, 6.45) is -4.05. The summed E-state index contributed by atoms with van der Waals surface area (Å²) in [5.41, 5.74) is 0.400. The number of halogens is 3. The summed E-state index contributed by atoms with van der Waals surface area (Å²) in [6.45, 7) is 0. The quantitative estimate of drug-likeness (QED) is 0.785. The first-order chi connectivity index (χ1) is 8.23. The molecular formula is C11H15F3N2O2. The van der Waals surface area contributed by atoms with Gasteiger partial charge in [-0.05, 0) is 24.8 Å². The summed E-state index contributed by atoms with van der Waals surface area (Å²) in [5.74, 6) is -2.58. The van der Waals surface area contributed by atoms with Crippen LogP contribution in [0.4, 0.5) is 13.2 Å². The second-order valence-electron chi connectivity index (χ2n) is 4.81. The zero-order valence-electron chi connectivity index (χ0n) is 10.2. The van der Waals surface area contributed by atoms with Crippen molar-refractivity contribution in [2.24, 2.45) is 5.92 Å². The summed E-state index contributed by atoms with van der Waals surface area (Å²) in [6, 6.07) is -0.209. The van der Waals surface area contributed by atoms with E-state index < -0.39 is 18.1 Å². The largest absolute Gasteiger partial charge is 0.477 e. The highest BCUT2D eigenvalue weighted by Crippen LogP contribution is 2.45. The number of carbonyl (C=O) groups is 1. The maximum atomic E-state index is 12.7. The first-order valence-electron chi connectivity index (χ1n) is 5.73. The number of hydrogen-bond acceptors (Lipinski definition) is 3. The molecule has 1 saturated carbocycles. The number of nitrogens with zero attached hydrogens (tertiary/aromatic N) is 2. The molecule has 0 radical (unpaired) electrons. The van der Waals surface area contributed by atoms with Crippen LogP contribution in [-0.4, -0.2) is 47.4 Å². The van der Waals surface area contributed by atoms with Gasteiger partial charge in [0.05, 0.1) is 12.0 Å². The van der Waals surface area contributed by atoms with E-state index in [0.29, 0.717) is 12.0 Å². The van der Waals surface area contributed by atoms with E-state index >= 15 is 0 Å². The highest BCUT2D eigenvalue weighted by atomic mass is 19.4. The van der Waals surface area contributed by atoms with Crippen LogP contribution in [0, 0.1) is 5.92 Å². The third kappa shape index (κ3) is 1.96. The molecule has 4 nitrogen and oxygen atoms in total. The molecule has 0 spiro atoms. The Hall–Kier alpha value is -1.24. The van der Waals surface area contributed by atoms with Crippen LogP contribution in [0.1, 0.15) is 19.3 Å². The van der Waals surface area contributed by atoms with Gasteiger partial charge in [0.2, 0.25) is 0 Å². The minimum atomic E-state index is -4.25. The number of hydrogen-bond donors (Lipinski definition) is 1. The van der Waals surface area contributed by atoms with Gasteiger partial charge in [-0.1, -0.05) is 0 Å². The van der Waals surface area contributed by atoms with E-state index in [0.717, 1.165) is 0 Å². The van der Waals surface area contributed by atoms with E-state index in [1.807, 2.05) is 0 Å². The predicted octanol–water partition coefficient (Wildman–Crippen LogP) is 1.85. The molecule has 1 N–H and O–H groups in total. The Balaban J connectivity index is 2.33. The van der Waals surface area contributed by atoms with Gasteiger partial charge >= 0.3 is 12.1 Å². The molecule has 18 heavy (non-hydrogen) atoms. The second-order valence-corrected chi connectivity index (χ2v) is 4.81. The van der Waals surface area contributed by atoms with E-state index in [2.05, 4.69) is 0 Å². The molecule has 2 atom stereocenters. The minimum Gasteiger partial charge on any atom is -0.477 e. The van der Waals surface area contributed by atoms with Crippen molar-refractivity contribution in [1.82, 2.24) is 10.0 Å². The van der Waals surface area contributed by atoms with Gasteiger partial charge < -0.3 is 10.1 Å². The molecule has 102 valence electrons. The topological polar surface area (TPSA) is 43.8 Å². The monoisotopic (exact) mass is 264 g/mol. The summed E-state index contributed by atoms with van der Waals surface area (Å²) in [7, 11) is 3.27. The standard InChI is InChI=1S/C11H15F3N2O2/c1-15-8-4-3-6(11(12,13)14)5-7(8)9(10(17)18)16(15)2/h6,8H,3-5H2,1-2H3,(H,17,18)/t6-,8?/m1/s1. The van der Waals surface area contributed by atoms with Crippen LogP contribution in [0.25, 0.3) is 0 Å². The fraction of sp³-hybridized carbons (Fsp3) is 0.727. The Bertz CT molecular complexity index is 406. The molecule has 1 aliphatic carbocycles. The van der Waals surface area contributed by atoms with Gasteiger partial charge in [0.15, 0.2) is 0 Å². The van der Waals surface area contributed by atoms with Crippen molar-refractivity contribution in [3.8, 4) is 0 Å². The molecule has 2 aliphatic rings. The smallest absolute Gasteiger partial charge is 0.392 e. The fourth-order valence-corrected chi connectivity index (χ4v) is 2.83. The van der Waals surface area contributed by atoms with Crippen LogP contribution < -0.4 is 0 Å². The fourth-order valence-electron chi connectivity index (χ4n) is 2.83. The third-order valence-electron chi connectivity index (χ3n) is 3.87. The van der Waals surface area contributed by atoms with E-state index in [1.54, 1.807) is 19.1 Å². The summed E-state index contributed by atoms with van der Waals surface area (Å²) in [4.78, 5) is 11.2. The normalized spacial score (nSPS) is 29.7. The number of fused-ring (bicyclic) bond motifs is 1. The molecule has 0 aromatic carbocycles. The Morgan fingerprint density at radius 2 is 1.94 bits per heavy atom. The van der Waals surface area contributed by atoms with Crippen molar-refractivity contribution in [2.45, 2.75) is 31.5 Å². The highest BCUT2D eigenvalue weighted by Gasteiger charge is 2.48. The Labute approximate surface area is 103 Å². The SMILES string of the molecule is CN1C(C(=O)O)=C2C[C@H](C(F)(F)F)CCC2N1C. The van der Waals surface area contributed by atoms with Crippen LogP contribution in [-0.2, 0) is 4.79 Å². The molecule has 0 aromatic heterocycles. The van der Waals surface area contributed by atoms with Gasteiger partial charge in [-0.2, -0.15) is 13.2 Å². The molecule has 0 bridgehead atoms. The molecule has 1 fully saturated rings. The Morgan fingerprint density at radius 3 is 2.44 bits per heavy atom. The van der Waals surface area contributed by atoms with Crippen molar-refractivity contribution < 1.29 is 23.1 Å². The van der Waals surface area contributed by atoms with Crippen molar-refractivity contribution in [3.63, 3.8) is 0 Å². The molecular weight excluding hydrogens is 249 g/mol. The molecule has 0 amide bonds. The number of carboxylic acids is 1. The molecule has 7 heteroatoms. The average Bonchev–Trinajstić information content (AvgIpc) is 2.50. The van der Waals surface area contributed by atoms with Gasteiger partial charge in [-0.25, -0.2) is 9.80 Å². The van der Waals surface area contributed by atoms with Crippen molar-refractivity contribution >= 4 is 5.97 Å². The number of hydrazine groups is 1. The number of carboxylic acid groups (broad SMARTS) is 1. The van der Waals surface area contributed by atoms with E-state index in [1.165, 1.54) is 5.01 Å². The van der Waals surface area contributed by atoms with E-state index in [-0.39, 0.29) is 24.6 Å². The van der Waals surface area contributed by atoms with Gasteiger partial charge in [0.1, 0.15) is 5.70 Å². The predicted molar refractivity (Wildman–Crippen MR) is 57.4 cm³/mol. The maximum absolute atomic E-state index is 12.7. The van der Waals surface area contributed by atoms with Crippen molar-refractivity contribution in [3.05, 3.63) is 11.3 Å². The number of aliphatic carboxylic acids is 1. The molecule has 1 unspecified atom stereocenters. The van der Waals surface area contributed by atoms with Crippen LogP contribution in [0.15, 0.2) is 11.3 Å². The number of likely N-dealkylation sites (N-methyl/N-ethyl adjacent to an activating group) is 2. The number of alkyl halides is 3. The summed E-state index contributed by atoms with van der Waals surface area (Å²) in [5, 5.41) is 12.3. The lowest BCUT2D eigenvalue weighted by Crippen LogP contribution is -2.40. The van der Waals surface area contributed by atoms with Gasteiger partial charge in [0.25, 0.3) is 0 Å². The molecule has 2 rings (SSSR count). The Morgan fingerprint density at radius 1 is 1.33 bits per heavy atom. The van der Waals surface area contributed by atoms with Crippen molar-refractivity contribution in [2.75, 3.05) is 14.1 Å². The first-order valence-corrected chi connectivity index (χ1v) is 5.73. The lowest BCUT2D eigenvalue weighted by atomic mass is 9.81. The highest BCUT2D eigenvalue weighted by molar-refractivity contribution is 5.87. The summed E-state index contributed by atoms with van der Waals surface area (Å²) >= 11 is 0. The van der Waals surface area contributed by atoms with Crippen molar-refractivity contribution in [1.29, 1.82) is 0 Å². The summed E-state index contributed by atoms with van der Waals surface area (Å²) < 4.78 is 38.2. The van der Waals surface area contributed by atoms with Gasteiger partial charge in [0, 0.05) is 14.1 Å². The lowest BCUT2D eigenvalue weighted by Gasteiger charge is -2.33. The van der Waals surface area contributed by atoms with Gasteiger partial charge in [-0.15, -0.1) is 0 Å². The zero-order valence-corrected chi connectivity index (χ0v) is 10.2. The minimum absolute atomic E-state index is 0.00329. The second kappa shape index (κ2) is 4.15. The van der Waals surface area contributed by atoms with Gasteiger partial charge in [-0.3, -0.25) is 0 Å². The van der Waals surface area contributed by atoms with E-state index in [4.69, 9.17) is 5.11 Å².